The summed E-state index contributed by atoms with van der Waals surface area (Å²) < 4.78 is 0. The first-order valence-corrected chi connectivity index (χ1v) is 6.05. The van der Waals surface area contributed by atoms with Crippen LogP contribution in [0.5, 0.6) is 0 Å². The van der Waals surface area contributed by atoms with Gasteiger partial charge in [-0.3, -0.25) is 4.79 Å². The van der Waals surface area contributed by atoms with E-state index in [1.165, 1.54) is 10.4 Å². The molecule has 14 heavy (non-hydrogen) atoms. The maximum Gasteiger partial charge on any atom is 0.227 e. The Morgan fingerprint density at radius 3 is 3.36 bits per heavy atom. The lowest BCUT2D eigenvalue weighted by atomic mass is 9.87. The molecule has 0 aliphatic heterocycles. The van der Waals surface area contributed by atoms with Crippen molar-refractivity contribution in [2.24, 2.45) is 0 Å². The van der Waals surface area contributed by atoms with Gasteiger partial charge in [-0.15, -0.1) is 11.3 Å². The first kappa shape index (κ1) is 9.71. The van der Waals surface area contributed by atoms with Crippen molar-refractivity contribution in [2.45, 2.75) is 32.1 Å². The van der Waals surface area contributed by atoms with Crippen LogP contribution in [0.25, 0.3) is 0 Å². The van der Waals surface area contributed by atoms with E-state index in [-0.39, 0.29) is 11.8 Å². The third-order valence-corrected chi connectivity index (χ3v) is 3.72. The molecule has 0 saturated carbocycles. The molecule has 2 rings (SSSR count). The minimum Gasteiger partial charge on any atom is -0.356 e. The van der Waals surface area contributed by atoms with Gasteiger partial charge in [-0.2, -0.15) is 0 Å². The van der Waals surface area contributed by atoms with Gasteiger partial charge in [-0.05, 0) is 43.2 Å². The maximum absolute atomic E-state index is 11.8. The molecule has 0 spiro atoms. The van der Waals surface area contributed by atoms with E-state index in [9.17, 15) is 4.79 Å². The standard InChI is InChI=1S/C11H15NOS/c1-2-12-11(13)9-4-3-5-10-8(9)6-7-14-10/h6-7,9H,2-5H2,1H3,(H,12,13). The number of hydrogen-bond acceptors (Lipinski definition) is 2. The fourth-order valence-corrected chi connectivity index (χ4v) is 3.04. The van der Waals surface area contributed by atoms with Crippen LogP contribution in [-0.2, 0) is 11.2 Å². The van der Waals surface area contributed by atoms with Crippen molar-refractivity contribution in [1.82, 2.24) is 5.32 Å². The Bertz CT molecular complexity index is 332. The molecule has 1 unspecified atom stereocenters. The second-order valence-electron chi connectivity index (χ2n) is 3.64. The fraction of sp³-hybridized carbons (Fsp3) is 0.545. The van der Waals surface area contributed by atoms with Gasteiger partial charge in [0.1, 0.15) is 0 Å². The monoisotopic (exact) mass is 209 g/mol. The van der Waals surface area contributed by atoms with Gasteiger partial charge in [0.25, 0.3) is 0 Å². The van der Waals surface area contributed by atoms with Crippen LogP contribution in [0.15, 0.2) is 11.4 Å². The lowest BCUT2D eigenvalue weighted by Gasteiger charge is -2.21. The van der Waals surface area contributed by atoms with Crippen molar-refractivity contribution in [3.05, 3.63) is 21.9 Å². The van der Waals surface area contributed by atoms with E-state index >= 15 is 0 Å². The van der Waals surface area contributed by atoms with E-state index in [1.54, 1.807) is 11.3 Å². The van der Waals surface area contributed by atoms with Crippen LogP contribution >= 0.6 is 11.3 Å². The summed E-state index contributed by atoms with van der Waals surface area (Å²) in [6, 6.07) is 2.11. The molecule has 1 aromatic rings. The molecule has 1 aliphatic carbocycles. The number of amides is 1. The number of hydrogen-bond donors (Lipinski definition) is 1. The number of aryl methyl sites for hydroxylation is 1. The molecule has 1 N–H and O–H groups in total. The van der Waals surface area contributed by atoms with E-state index in [4.69, 9.17) is 0 Å². The van der Waals surface area contributed by atoms with Crippen molar-refractivity contribution in [3.8, 4) is 0 Å². The minimum atomic E-state index is 0.116. The van der Waals surface area contributed by atoms with Crippen molar-refractivity contribution >= 4 is 17.2 Å². The summed E-state index contributed by atoms with van der Waals surface area (Å²) in [5.74, 6) is 0.316. The van der Waals surface area contributed by atoms with Gasteiger partial charge in [-0.25, -0.2) is 0 Å². The van der Waals surface area contributed by atoms with E-state index < -0.39 is 0 Å². The van der Waals surface area contributed by atoms with Crippen LogP contribution in [0.4, 0.5) is 0 Å². The Hall–Kier alpha value is -0.830. The molecular formula is C11H15NOS. The minimum absolute atomic E-state index is 0.116. The molecule has 3 heteroatoms. The first-order chi connectivity index (χ1) is 6.83. The van der Waals surface area contributed by atoms with Crippen molar-refractivity contribution < 1.29 is 4.79 Å². The summed E-state index contributed by atoms with van der Waals surface area (Å²) in [7, 11) is 0. The zero-order chi connectivity index (χ0) is 9.97. The second kappa shape index (κ2) is 4.13. The Morgan fingerprint density at radius 2 is 2.57 bits per heavy atom. The van der Waals surface area contributed by atoms with Crippen LogP contribution in [0.1, 0.15) is 36.1 Å². The third kappa shape index (κ3) is 1.69. The zero-order valence-electron chi connectivity index (χ0n) is 8.38. The average Bonchev–Trinajstić information content (AvgIpc) is 2.65. The lowest BCUT2D eigenvalue weighted by Crippen LogP contribution is -2.30. The van der Waals surface area contributed by atoms with Crippen LogP contribution in [0.2, 0.25) is 0 Å². The largest absolute Gasteiger partial charge is 0.356 e. The second-order valence-corrected chi connectivity index (χ2v) is 4.64. The predicted octanol–water partition coefficient (Wildman–Crippen LogP) is 2.30. The third-order valence-electron chi connectivity index (χ3n) is 2.72. The van der Waals surface area contributed by atoms with Crippen molar-refractivity contribution in [3.63, 3.8) is 0 Å². The first-order valence-electron chi connectivity index (χ1n) is 5.17. The number of rotatable bonds is 2. The fourth-order valence-electron chi connectivity index (χ4n) is 2.06. The lowest BCUT2D eigenvalue weighted by molar-refractivity contribution is -0.122. The molecule has 1 atom stereocenters. The predicted molar refractivity (Wildman–Crippen MR) is 58.7 cm³/mol. The number of carbonyl (C=O) groups excluding carboxylic acids is 1. The maximum atomic E-state index is 11.8. The van der Waals surface area contributed by atoms with Gasteiger partial charge < -0.3 is 5.32 Å². The smallest absolute Gasteiger partial charge is 0.227 e. The molecule has 1 heterocycles. The molecular weight excluding hydrogens is 194 g/mol. The number of likely N-dealkylation sites (N-methyl/N-ethyl adjacent to an activating group) is 1. The Balaban J connectivity index is 2.19. The molecule has 1 amide bonds. The highest BCUT2D eigenvalue weighted by Crippen LogP contribution is 2.34. The highest BCUT2D eigenvalue weighted by Gasteiger charge is 2.26. The Morgan fingerprint density at radius 1 is 1.71 bits per heavy atom. The van der Waals surface area contributed by atoms with Gasteiger partial charge in [0, 0.05) is 11.4 Å². The van der Waals surface area contributed by atoms with Crippen LogP contribution in [0.3, 0.4) is 0 Å². The van der Waals surface area contributed by atoms with E-state index in [1.807, 2.05) is 6.92 Å². The molecule has 0 bridgehead atoms. The summed E-state index contributed by atoms with van der Waals surface area (Å²) in [6.07, 6.45) is 3.31. The van der Waals surface area contributed by atoms with E-state index in [0.717, 1.165) is 25.8 Å². The van der Waals surface area contributed by atoms with Gasteiger partial charge in [0.15, 0.2) is 0 Å². The molecule has 1 aliphatic rings. The van der Waals surface area contributed by atoms with Crippen molar-refractivity contribution in [2.75, 3.05) is 6.54 Å². The average molecular weight is 209 g/mol. The van der Waals surface area contributed by atoms with Crippen molar-refractivity contribution in [1.29, 1.82) is 0 Å². The van der Waals surface area contributed by atoms with E-state index in [0.29, 0.717) is 0 Å². The molecule has 0 radical (unpaired) electrons. The van der Waals surface area contributed by atoms with Gasteiger partial charge >= 0.3 is 0 Å². The summed E-state index contributed by atoms with van der Waals surface area (Å²) in [5, 5.41) is 5.01. The summed E-state index contributed by atoms with van der Waals surface area (Å²) in [4.78, 5) is 13.2. The van der Waals surface area contributed by atoms with Crippen LogP contribution < -0.4 is 5.32 Å². The van der Waals surface area contributed by atoms with Gasteiger partial charge in [-0.1, -0.05) is 0 Å². The molecule has 2 nitrogen and oxygen atoms in total. The quantitative estimate of drug-likeness (QED) is 0.795. The highest BCUT2D eigenvalue weighted by atomic mass is 32.1. The molecule has 76 valence electrons. The Kier molecular flexibility index (Phi) is 2.87. The van der Waals surface area contributed by atoms with Gasteiger partial charge in [0.05, 0.1) is 5.92 Å². The molecule has 0 aromatic carbocycles. The Labute approximate surface area is 88.3 Å². The molecule has 1 aromatic heterocycles. The van der Waals surface area contributed by atoms with Gasteiger partial charge in [0.2, 0.25) is 5.91 Å². The zero-order valence-corrected chi connectivity index (χ0v) is 9.19. The van der Waals surface area contributed by atoms with E-state index in [2.05, 4.69) is 16.8 Å². The normalized spacial score (nSPS) is 20.2. The topological polar surface area (TPSA) is 29.1 Å². The van der Waals surface area contributed by atoms with Crippen LogP contribution in [-0.4, -0.2) is 12.5 Å². The molecule has 0 saturated heterocycles. The van der Waals surface area contributed by atoms with Crippen LogP contribution in [0, 0.1) is 0 Å². The number of thiophene rings is 1. The summed E-state index contributed by atoms with van der Waals surface area (Å²) in [6.45, 7) is 2.70. The highest BCUT2D eigenvalue weighted by molar-refractivity contribution is 7.10. The molecule has 0 fully saturated rings. The number of fused-ring (bicyclic) bond motifs is 1. The summed E-state index contributed by atoms with van der Waals surface area (Å²) >= 11 is 1.78. The summed E-state index contributed by atoms with van der Waals surface area (Å²) in [5.41, 5.74) is 1.27. The SMILES string of the molecule is CCNC(=O)C1CCCc2sccc21. The number of nitrogens with one attached hydrogen (secondary N) is 1. The number of carbonyl (C=O) groups is 1.